The predicted octanol–water partition coefficient (Wildman–Crippen LogP) is 2.85. The number of hydrogen-bond acceptors (Lipinski definition) is 5. The van der Waals surface area contributed by atoms with Crippen molar-refractivity contribution in [1.29, 1.82) is 5.26 Å². The van der Waals surface area contributed by atoms with Crippen LogP contribution in [0.5, 0.6) is 0 Å². The van der Waals surface area contributed by atoms with E-state index in [0.717, 1.165) is 32.4 Å². The van der Waals surface area contributed by atoms with E-state index in [9.17, 15) is 4.39 Å². The van der Waals surface area contributed by atoms with Gasteiger partial charge in [0.15, 0.2) is 5.82 Å². The Balaban J connectivity index is 1.71. The highest BCUT2D eigenvalue weighted by molar-refractivity contribution is 5.51. The summed E-state index contributed by atoms with van der Waals surface area (Å²) >= 11 is 0. The highest BCUT2D eigenvalue weighted by Gasteiger charge is 2.23. The Bertz CT molecular complexity index is 706. The Morgan fingerprint density at radius 1 is 1.50 bits per heavy atom. The summed E-state index contributed by atoms with van der Waals surface area (Å²) in [6.07, 6.45) is 2.81. The summed E-state index contributed by atoms with van der Waals surface area (Å²) in [6.45, 7) is 3.36. The molecule has 1 aromatic heterocycles. The van der Waals surface area contributed by atoms with Crippen molar-refractivity contribution in [2.75, 3.05) is 18.0 Å². The Morgan fingerprint density at radius 2 is 2.36 bits per heavy atom. The first-order chi connectivity index (χ1) is 10.7. The second-order valence-corrected chi connectivity index (χ2v) is 5.67. The van der Waals surface area contributed by atoms with Gasteiger partial charge in [-0.1, -0.05) is 5.16 Å². The summed E-state index contributed by atoms with van der Waals surface area (Å²) in [5.41, 5.74) is 0.907. The summed E-state index contributed by atoms with van der Waals surface area (Å²) in [7, 11) is 0. The molecule has 0 spiro atoms. The molecule has 1 aromatic carbocycles. The Hall–Kier alpha value is -2.42. The molecule has 0 bridgehead atoms. The summed E-state index contributed by atoms with van der Waals surface area (Å²) < 4.78 is 19.1. The summed E-state index contributed by atoms with van der Waals surface area (Å²) in [5, 5.41) is 12.8. The van der Waals surface area contributed by atoms with Crippen LogP contribution in [0, 0.1) is 30.0 Å². The van der Waals surface area contributed by atoms with Gasteiger partial charge in [-0.2, -0.15) is 10.2 Å². The van der Waals surface area contributed by atoms with Gasteiger partial charge in [0.05, 0.1) is 17.3 Å². The molecule has 0 N–H and O–H groups in total. The van der Waals surface area contributed by atoms with Crippen LogP contribution >= 0.6 is 0 Å². The number of anilines is 1. The van der Waals surface area contributed by atoms with Crippen molar-refractivity contribution in [3.8, 4) is 6.07 Å². The van der Waals surface area contributed by atoms with E-state index in [1.54, 1.807) is 19.1 Å². The van der Waals surface area contributed by atoms with Gasteiger partial charge in [-0.15, -0.1) is 0 Å². The molecule has 1 atom stereocenters. The second kappa shape index (κ2) is 6.14. The maximum atomic E-state index is 14.1. The maximum Gasteiger partial charge on any atom is 0.223 e. The molecule has 22 heavy (non-hydrogen) atoms. The van der Waals surface area contributed by atoms with Gasteiger partial charge in [-0.05, 0) is 37.0 Å². The highest BCUT2D eigenvalue weighted by atomic mass is 19.1. The van der Waals surface area contributed by atoms with E-state index >= 15 is 0 Å². The third-order valence-electron chi connectivity index (χ3n) is 3.98. The van der Waals surface area contributed by atoms with E-state index in [0.29, 0.717) is 28.9 Å². The first kappa shape index (κ1) is 14.5. The number of rotatable bonds is 3. The third kappa shape index (κ3) is 3.08. The molecule has 0 radical (unpaired) electrons. The number of nitriles is 1. The maximum absolute atomic E-state index is 14.1. The smallest absolute Gasteiger partial charge is 0.223 e. The Morgan fingerprint density at radius 3 is 3.05 bits per heavy atom. The highest BCUT2D eigenvalue weighted by Crippen LogP contribution is 2.27. The van der Waals surface area contributed by atoms with Crippen LogP contribution in [0.25, 0.3) is 0 Å². The van der Waals surface area contributed by atoms with Crippen molar-refractivity contribution >= 4 is 5.69 Å². The number of hydrogen-bond donors (Lipinski definition) is 0. The van der Waals surface area contributed by atoms with E-state index in [-0.39, 0.29) is 5.82 Å². The molecule has 0 saturated carbocycles. The Kier molecular flexibility index (Phi) is 4.05. The molecule has 0 aliphatic carbocycles. The van der Waals surface area contributed by atoms with Gasteiger partial charge in [0.25, 0.3) is 0 Å². The van der Waals surface area contributed by atoms with Crippen molar-refractivity contribution in [3.63, 3.8) is 0 Å². The molecule has 1 fully saturated rings. The lowest BCUT2D eigenvalue weighted by molar-refractivity contribution is 0.369. The molecule has 6 heteroatoms. The van der Waals surface area contributed by atoms with Gasteiger partial charge in [0.1, 0.15) is 5.82 Å². The molecule has 114 valence electrons. The largest absolute Gasteiger partial charge is 0.369 e. The van der Waals surface area contributed by atoms with Gasteiger partial charge in [0.2, 0.25) is 5.89 Å². The number of aromatic nitrogens is 2. The first-order valence-corrected chi connectivity index (χ1v) is 7.39. The third-order valence-corrected chi connectivity index (χ3v) is 3.98. The minimum absolute atomic E-state index is 0.338. The normalized spacial score (nSPS) is 18.2. The predicted molar refractivity (Wildman–Crippen MR) is 78.8 cm³/mol. The average molecular weight is 300 g/mol. The lowest BCUT2D eigenvalue weighted by atomic mass is 9.94. The van der Waals surface area contributed by atoms with Crippen LogP contribution in [-0.4, -0.2) is 23.2 Å². The number of aryl methyl sites for hydroxylation is 1. The van der Waals surface area contributed by atoms with Crippen LogP contribution in [-0.2, 0) is 6.42 Å². The molecule has 2 heterocycles. The van der Waals surface area contributed by atoms with Crippen LogP contribution < -0.4 is 4.90 Å². The zero-order chi connectivity index (χ0) is 15.5. The molecule has 1 saturated heterocycles. The lowest BCUT2D eigenvalue weighted by Gasteiger charge is -2.34. The van der Waals surface area contributed by atoms with Crippen molar-refractivity contribution in [2.45, 2.75) is 26.2 Å². The van der Waals surface area contributed by atoms with Crippen LogP contribution in [0.3, 0.4) is 0 Å². The SMILES string of the molecule is Cc1nc(C[C@H]2CCCN(c3ccc(C#N)cc3F)C2)no1. The summed E-state index contributed by atoms with van der Waals surface area (Å²) in [5.74, 6) is 1.32. The van der Waals surface area contributed by atoms with Crippen LogP contribution in [0.1, 0.15) is 30.1 Å². The average Bonchev–Trinajstić information content (AvgIpc) is 2.92. The quantitative estimate of drug-likeness (QED) is 0.872. The van der Waals surface area contributed by atoms with E-state index < -0.39 is 0 Å². The molecule has 2 aromatic rings. The second-order valence-electron chi connectivity index (χ2n) is 5.67. The zero-order valence-corrected chi connectivity index (χ0v) is 12.4. The number of piperidine rings is 1. The van der Waals surface area contributed by atoms with Crippen LogP contribution in [0.4, 0.5) is 10.1 Å². The van der Waals surface area contributed by atoms with Crippen molar-refractivity contribution in [1.82, 2.24) is 10.1 Å². The van der Waals surface area contributed by atoms with Crippen molar-refractivity contribution in [3.05, 3.63) is 41.3 Å². The lowest BCUT2D eigenvalue weighted by Crippen LogP contribution is -2.36. The first-order valence-electron chi connectivity index (χ1n) is 7.39. The van der Waals surface area contributed by atoms with Crippen LogP contribution in [0.2, 0.25) is 0 Å². The topological polar surface area (TPSA) is 66.0 Å². The monoisotopic (exact) mass is 300 g/mol. The summed E-state index contributed by atoms with van der Waals surface area (Å²) in [4.78, 5) is 6.28. The number of benzene rings is 1. The van der Waals surface area contributed by atoms with Crippen molar-refractivity contribution < 1.29 is 8.91 Å². The standard InChI is InChI=1S/C16H17FN4O/c1-11-19-16(20-22-11)8-13-3-2-6-21(10-13)15-5-4-12(9-18)7-14(15)17/h4-5,7,13H,2-3,6,8,10H2,1H3/t13-/m1/s1. The van der Waals surface area contributed by atoms with E-state index in [4.69, 9.17) is 9.78 Å². The molecule has 5 nitrogen and oxygen atoms in total. The molecule has 0 amide bonds. The molecule has 1 aliphatic rings. The van der Waals surface area contributed by atoms with E-state index in [2.05, 4.69) is 10.1 Å². The van der Waals surface area contributed by atoms with Gasteiger partial charge >= 0.3 is 0 Å². The number of nitrogens with zero attached hydrogens (tertiary/aromatic N) is 4. The van der Waals surface area contributed by atoms with Gasteiger partial charge in [0, 0.05) is 26.4 Å². The zero-order valence-electron chi connectivity index (χ0n) is 12.4. The van der Waals surface area contributed by atoms with Gasteiger partial charge < -0.3 is 9.42 Å². The van der Waals surface area contributed by atoms with Gasteiger partial charge in [-0.3, -0.25) is 0 Å². The fraction of sp³-hybridized carbons (Fsp3) is 0.438. The fourth-order valence-corrected chi connectivity index (χ4v) is 2.97. The van der Waals surface area contributed by atoms with E-state index in [1.807, 2.05) is 11.0 Å². The Labute approximate surface area is 128 Å². The molecular formula is C16H17FN4O. The van der Waals surface area contributed by atoms with Crippen LogP contribution in [0.15, 0.2) is 22.7 Å². The number of halogens is 1. The molecule has 0 unspecified atom stereocenters. The van der Waals surface area contributed by atoms with E-state index in [1.165, 1.54) is 6.07 Å². The molecule has 3 rings (SSSR count). The fourth-order valence-electron chi connectivity index (χ4n) is 2.97. The minimum atomic E-state index is -0.338. The molecular weight excluding hydrogens is 283 g/mol. The molecule has 1 aliphatic heterocycles. The van der Waals surface area contributed by atoms with Gasteiger partial charge in [-0.25, -0.2) is 4.39 Å². The minimum Gasteiger partial charge on any atom is -0.369 e. The summed E-state index contributed by atoms with van der Waals surface area (Å²) in [6, 6.07) is 6.60. The van der Waals surface area contributed by atoms with Crippen molar-refractivity contribution in [2.24, 2.45) is 5.92 Å².